The molecule has 130 heavy (non-hydrogen) atoms. The van der Waals surface area contributed by atoms with Crippen molar-refractivity contribution in [3.63, 3.8) is 0 Å². The molecule has 2 aliphatic rings. The van der Waals surface area contributed by atoms with E-state index >= 15 is 9.59 Å². The Hall–Kier alpha value is -3.06. The quantitative estimate of drug-likeness (QED) is 0.0117. The SMILES string of the molecule is C=P(O)(O)O[C@H]1OC(CO[C@@H]2OC(CO)[C@@H](OP(=O)(O)OP(=O)(O)OCCN)[C@H](OC(=O)C[C@@H](CCCCCCCCCCC)OC(=O)CCCCCCCCCCCCC)C2NC(=O)C[C@@H](CCCCCCCCCCC)OC(=O)CCCCCCCCCCC)[C@@H](O)[C@H](OC(=O)C[C@H](O)CCCCCCCCCCC)C1NC(=O)C[C@H](O)CCCCCCCCCCC. The van der Waals surface area contributed by atoms with Crippen LogP contribution in [0.4, 0.5) is 0 Å². The first-order valence-corrected chi connectivity index (χ1v) is 56.6. The van der Waals surface area contributed by atoms with Gasteiger partial charge in [0.25, 0.3) is 0 Å². The largest absolute Gasteiger partial charge is 0.481 e. The van der Waals surface area contributed by atoms with Gasteiger partial charge in [0.15, 0.2) is 24.8 Å². The van der Waals surface area contributed by atoms with Crippen molar-refractivity contribution in [3.8, 4) is 0 Å². The van der Waals surface area contributed by atoms with Crippen molar-refractivity contribution in [1.29, 1.82) is 0 Å². The Balaban J connectivity index is 3.00. The Labute approximate surface area is 783 Å². The predicted molar refractivity (Wildman–Crippen MR) is 511 cm³/mol. The number of carbonyl (C=O) groups excluding carboxylic acids is 6. The van der Waals surface area contributed by atoms with E-state index in [-0.39, 0.29) is 45.1 Å². The fourth-order valence-electron chi connectivity index (χ4n) is 17.0. The lowest BCUT2D eigenvalue weighted by atomic mass is 9.95. The number of phosphoric acid groups is 2. The number of rotatable bonds is 89. The minimum absolute atomic E-state index is 0.0420. The number of hydrogen-bond donors (Lipinski definition) is 11. The van der Waals surface area contributed by atoms with Crippen LogP contribution in [-0.4, -0.2) is 194 Å². The molecule has 33 heteroatoms. The lowest BCUT2D eigenvalue weighted by Gasteiger charge is -2.47. The molecule has 12 N–H and O–H groups in total. The minimum Gasteiger partial charge on any atom is -0.462 e. The molecule has 0 saturated carbocycles. The number of ether oxygens (including phenoxy) is 7. The fraction of sp³-hybridized carbons (Fsp3) is 0.928. The van der Waals surface area contributed by atoms with Crippen molar-refractivity contribution in [2.75, 3.05) is 26.4 Å². The molecule has 0 aromatic rings. The van der Waals surface area contributed by atoms with E-state index in [1.165, 1.54) is 57.8 Å². The maximum atomic E-state index is 15.4. The van der Waals surface area contributed by atoms with Crippen LogP contribution < -0.4 is 16.4 Å². The molecule has 766 valence electrons. The van der Waals surface area contributed by atoms with E-state index in [4.69, 9.17) is 56.8 Å². The van der Waals surface area contributed by atoms with Crippen LogP contribution in [0, 0.1) is 0 Å². The molecule has 0 radical (unpaired) electrons. The molecule has 0 spiro atoms. The number of aliphatic hydroxyl groups excluding tert-OH is 4. The number of nitrogens with one attached hydrogen (secondary N) is 2. The van der Waals surface area contributed by atoms with Gasteiger partial charge in [0.05, 0.1) is 57.7 Å². The van der Waals surface area contributed by atoms with Gasteiger partial charge in [-0.3, -0.25) is 42.3 Å². The van der Waals surface area contributed by atoms with Crippen LogP contribution in [0.2, 0.25) is 0 Å². The van der Waals surface area contributed by atoms with Crippen LogP contribution in [-0.2, 0) is 88.9 Å². The molecular formula is C97H186N3O27P3. The predicted octanol–water partition coefficient (Wildman–Crippen LogP) is 20.8. The zero-order chi connectivity index (χ0) is 95.7. The van der Waals surface area contributed by atoms with E-state index in [2.05, 4.69) is 58.5 Å². The average molecular weight is 1920 g/mol. The Bertz CT molecular complexity index is 2980. The summed E-state index contributed by atoms with van der Waals surface area (Å²) in [5.74, 6) is -5.14. The van der Waals surface area contributed by atoms with Crippen LogP contribution in [0.1, 0.15) is 465 Å². The molecule has 2 rings (SSSR count). The molecule has 0 aliphatic carbocycles. The number of amides is 2. The van der Waals surface area contributed by atoms with E-state index in [0.717, 1.165) is 263 Å². The highest BCUT2D eigenvalue weighted by molar-refractivity contribution is 7.61. The molecule has 2 heterocycles. The topological polar surface area (TPSA) is 450 Å². The number of esters is 4. The summed E-state index contributed by atoms with van der Waals surface area (Å²) in [4.78, 5) is 132. The van der Waals surface area contributed by atoms with Crippen LogP contribution >= 0.6 is 23.2 Å². The summed E-state index contributed by atoms with van der Waals surface area (Å²) in [6, 6.07) is -3.85. The van der Waals surface area contributed by atoms with Gasteiger partial charge in [-0.25, -0.2) is 9.13 Å². The van der Waals surface area contributed by atoms with Gasteiger partial charge in [-0.15, -0.1) is 0 Å². The van der Waals surface area contributed by atoms with E-state index in [9.17, 15) is 68.3 Å². The van der Waals surface area contributed by atoms with Crippen LogP contribution in [0.25, 0.3) is 0 Å². The summed E-state index contributed by atoms with van der Waals surface area (Å²) in [5, 5.41) is 52.2. The highest BCUT2D eigenvalue weighted by atomic mass is 31.3. The van der Waals surface area contributed by atoms with Gasteiger partial charge in [0.1, 0.15) is 48.7 Å². The minimum atomic E-state index is -6.03. The van der Waals surface area contributed by atoms with Crippen molar-refractivity contribution in [1.82, 2.24) is 10.6 Å². The molecule has 30 nitrogen and oxygen atoms in total. The Morgan fingerprint density at radius 1 is 0.385 bits per heavy atom. The van der Waals surface area contributed by atoms with Crippen LogP contribution in [0.3, 0.4) is 0 Å². The Kier molecular flexibility index (Phi) is 74.6. The van der Waals surface area contributed by atoms with Crippen molar-refractivity contribution in [2.24, 2.45) is 5.73 Å². The van der Waals surface area contributed by atoms with Crippen molar-refractivity contribution in [2.45, 2.75) is 551 Å². The molecule has 2 saturated heterocycles. The molecule has 2 aliphatic heterocycles. The van der Waals surface area contributed by atoms with Gasteiger partial charge in [0, 0.05) is 19.4 Å². The van der Waals surface area contributed by atoms with Gasteiger partial charge >= 0.3 is 39.5 Å². The number of hydrogen-bond acceptors (Lipinski definition) is 26. The summed E-state index contributed by atoms with van der Waals surface area (Å²) >= 11 is 0. The summed E-state index contributed by atoms with van der Waals surface area (Å²) in [7, 11) is -16.3. The zero-order valence-corrected chi connectivity index (χ0v) is 84.2. The highest BCUT2D eigenvalue weighted by Gasteiger charge is 2.56. The first-order chi connectivity index (χ1) is 62.6. The third-order valence-corrected chi connectivity index (χ3v) is 27.7. The normalized spacial score (nSPS) is 20.8. The summed E-state index contributed by atoms with van der Waals surface area (Å²) in [5.41, 5.74) is 5.55. The summed E-state index contributed by atoms with van der Waals surface area (Å²) in [6.45, 7) is 9.77. The van der Waals surface area contributed by atoms with Crippen LogP contribution in [0.15, 0.2) is 0 Å². The van der Waals surface area contributed by atoms with Crippen molar-refractivity contribution in [3.05, 3.63) is 0 Å². The molecule has 0 aromatic carbocycles. The maximum Gasteiger partial charge on any atom is 0.481 e. The van der Waals surface area contributed by atoms with E-state index in [1.807, 2.05) is 0 Å². The molecule has 2 amide bonds. The van der Waals surface area contributed by atoms with E-state index in [0.29, 0.717) is 38.5 Å². The molecule has 2 fully saturated rings. The van der Waals surface area contributed by atoms with Crippen molar-refractivity contribution >= 4 is 65.2 Å². The second kappa shape index (κ2) is 78.8. The zero-order valence-electron chi connectivity index (χ0n) is 81.5. The summed E-state index contributed by atoms with van der Waals surface area (Å²) < 4.78 is 92.6. The van der Waals surface area contributed by atoms with E-state index < -0.39 is 190 Å². The second-order valence-corrected chi connectivity index (χ2v) is 41.4. The second-order valence-electron chi connectivity index (χ2n) is 36.8. The lowest BCUT2D eigenvalue weighted by Crippen LogP contribution is -2.68. The average Bonchev–Trinajstić information content (AvgIpc) is 0.771. The molecule has 0 bridgehead atoms. The number of phosphoric ester groups is 2. The number of carbonyl (C=O) groups is 6. The fourth-order valence-corrected chi connectivity index (χ4v) is 19.7. The summed E-state index contributed by atoms with van der Waals surface area (Å²) in [6.07, 6.45) is 36.1. The smallest absolute Gasteiger partial charge is 0.462 e. The van der Waals surface area contributed by atoms with Gasteiger partial charge in [-0.1, -0.05) is 375 Å². The standard InChI is InChI=1S/C97H186N3O27P3/c1-8-14-20-26-32-38-39-45-51-57-63-69-87(107)120-81(67-61-55-49-43-36-30-24-18-12-5)75-89(109)124-95-91(100-85(105)74-80(66-60-54-48-42-35-29-23-17-11-4)119-86(106)68-62-56-50-44-37-31-25-19-13-6)96(121-82(76-101)93(95)125-130(115,116)127-129(113,114)118-71-70-98)117-77-83-92(110)94(123-88(108)73-79(103)65-59-53-47-41-34-28-22-16-10-3)90(97(122-83)126-128(7,111)112)99-84(104)72-78(102)64-58-52-46-40-33-27-21-15-9-2/h78-83,90-97,101-103,110-112H,7-77,98H2,1-6H3,(H,99,104)(H,100,105)(H,113,114)(H,115,116)/t78-,79-,80-,81-,82?,83?,90?,91?,92-,93-,94-,95-,96-,97-/m1/s1. The highest BCUT2D eigenvalue weighted by Crippen LogP contribution is 2.61. The van der Waals surface area contributed by atoms with Crippen LogP contribution in [0.5, 0.6) is 0 Å². The van der Waals surface area contributed by atoms with Crippen molar-refractivity contribution < 1.29 is 129 Å². The number of aliphatic hydroxyl groups is 4. The number of unbranched alkanes of at least 4 members (excludes halogenated alkanes) is 50. The Morgan fingerprint density at radius 2 is 0.708 bits per heavy atom. The molecule has 0 aromatic heterocycles. The third kappa shape index (κ3) is 64.2. The van der Waals surface area contributed by atoms with Gasteiger partial charge in [-0.2, -0.15) is 4.31 Å². The van der Waals surface area contributed by atoms with Gasteiger partial charge in [0.2, 0.25) is 19.4 Å². The molecule has 16 atom stereocenters. The lowest BCUT2D eigenvalue weighted by molar-refractivity contribution is -0.296. The first kappa shape index (κ1) is 123. The molecular weight excluding hydrogens is 1730 g/mol. The van der Waals surface area contributed by atoms with Gasteiger partial charge in [-0.05, 0) is 57.7 Å². The Morgan fingerprint density at radius 3 is 1.08 bits per heavy atom. The third-order valence-electron chi connectivity index (χ3n) is 24.5. The first-order valence-electron chi connectivity index (χ1n) is 51.8. The van der Waals surface area contributed by atoms with E-state index in [1.54, 1.807) is 0 Å². The maximum absolute atomic E-state index is 15.4. The monoisotopic (exact) mass is 1920 g/mol. The molecule has 6 unspecified atom stereocenters. The number of nitrogens with two attached hydrogens (primary N) is 1. The van der Waals surface area contributed by atoms with Gasteiger partial charge < -0.3 is 89.5 Å².